The fraction of sp³-hybridized carbons (Fsp3) is 0.500. The Hall–Kier alpha value is -2.26. The highest BCUT2D eigenvalue weighted by Crippen LogP contribution is 2.26. The highest BCUT2D eigenvalue weighted by Gasteiger charge is 2.29. The molecule has 9 heteroatoms. The summed E-state index contributed by atoms with van der Waals surface area (Å²) in [5.41, 5.74) is 5.15. The number of hydrogen-bond acceptors (Lipinski definition) is 8. The standard InChI is InChI=1S/C12H16N4O5/c1-3-6-19-7-12(2,13)11-14-10(21-15-11)8-4-5-9(20-8)16(17)18/h4-5H,3,6-7,13H2,1-2H3. The van der Waals surface area contributed by atoms with Crippen LogP contribution in [0, 0.1) is 10.1 Å². The zero-order chi connectivity index (χ0) is 15.5. The Morgan fingerprint density at radius 1 is 1.52 bits per heavy atom. The summed E-state index contributed by atoms with van der Waals surface area (Å²) in [6.45, 7) is 4.52. The van der Waals surface area contributed by atoms with Gasteiger partial charge in [-0.1, -0.05) is 12.1 Å². The topological polar surface area (TPSA) is 130 Å². The molecule has 1 unspecified atom stereocenters. The second-order valence-electron chi connectivity index (χ2n) is 4.79. The smallest absolute Gasteiger partial charge is 0.395 e. The van der Waals surface area contributed by atoms with E-state index < -0.39 is 16.3 Å². The number of hydrogen-bond donors (Lipinski definition) is 1. The van der Waals surface area contributed by atoms with Crippen LogP contribution in [0.25, 0.3) is 11.7 Å². The van der Waals surface area contributed by atoms with Crippen molar-refractivity contribution in [1.29, 1.82) is 0 Å². The molecule has 0 aliphatic carbocycles. The summed E-state index contributed by atoms with van der Waals surface area (Å²) in [7, 11) is 0. The maximum absolute atomic E-state index is 10.6. The molecule has 2 heterocycles. The minimum atomic E-state index is -0.921. The highest BCUT2D eigenvalue weighted by atomic mass is 16.6. The predicted molar refractivity (Wildman–Crippen MR) is 71.3 cm³/mol. The number of nitro groups is 1. The quantitative estimate of drug-likeness (QED) is 0.465. The van der Waals surface area contributed by atoms with Gasteiger partial charge >= 0.3 is 5.88 Å². The monoisotopic (exact) mass is 296 g/mol. The molecule has 0 saturated heterocycles. The first-order valence-electron chi connectivity index (χ1n) is 6.39. The van der Waals surface area contributed by atoms with E-state index in [4.69, 9.17) is 19.4 Å². The molecule has 0 amide bonds. The largest absolute Gasteiger partial charge is 0.433 e. The Labute approximate surface area is 120 Å². The molecule has 2 N–H and O–H groups in total. The van der Waals surface area contributed by atoms with E-state index in [1.807, 2.05) is 6.92 Å². The van der Waals surface area contributed by atoms with Crippen LogP contribution < -0.4 is 5.73 Å². The van der Waals surface area contributed by atoms with Gasteiger partial charge in [-0.2, -0.15) is 4.98 Å². The average molecular weight is 296 g/mol. The van der Waals surface area contributed by atoms with Gasteiger partial charge in [-0.15, -0.1) is 0 Å². The number of nitrogens with two attached hydrogens (primary N) is 1. The van der Waals surface area contributed by atoms with Crippen molar-refractivity contribution in [3.05, 3.63) is 28.1 Å². The second-order valence-corrected chi connectivity index (χ2v) is 4.79. The Morgan fingerprint density at radius 3 is 2.90 bits per heavy atom. The van der Waals surface area contributed by atoms with Crippen LogP contribution in [0.1, 0.15) is 26.1 Å². The van der Waals surface area contributed by atoms with Crippen LogP contribution >= 0.6 is 0 Å². The van der Waals surface area contributed by atoms with Gasteiger partial charge in [0.05, 0.1) is 12.7 Å². The summed E-state index contributed by atoms with van der Waals surface area (Å²) < 4.78 is 15.4. The Bertz CT molecular complexity index is 619. The molecule has 2 aromatic heterocycles. The zero-order valence-corrected chi connectivity index (χ0v) is 11.7. The molecule has 0 saturated carbocycles. The molecule has 0 fully saturated rings. The van der Waals surface area contributed by atoms with Gasteiger partial charge in [0.25, 0.3) is 5.89 Å². The first kappa shape index (κ1) is 15.1. The van der Waals surface area contributed by atoms with Gasteiger partial charge in [0, 0.05) is 6.61 Å². The first-order chi connectivity index (χ1) is 9.94. The Morgan fingerprint density at radius 2 is 2.29 bits per heavy atom. The molecule has 0 aliphatic rings. The van der Waals surface area contributed by atoms with Crippen molar-refractivity contribution in [2.45, 2.75) is 25.8 Å². The van der Waals surface area contributed by atoms with Gasteiger partial charge in [-0.25, -0.2) is 0 Å². The molecule has 1 atom stereocenters. The lowest BCUT2D eigenvalue weighted by Crippen LogP contribution is -2.39. The van der Waals surface area contributed by atoms with E-state index in [1.54, 1.807) is 6.92 Å². The molecular weight excluding hydrogens is 280 g/mol. The number of nitrogens with zero attached hydrogens (tertiary/aromatic N) is 3. The molecule has 114 valence electrons. The summed E-state index contributed by atoms with van der Waals surface area (Å²) in [4.78, 5) is 14.0. The van der Waals surface area contributed by atoms with E-state index in [0.29, 0.717) is 6.61 Å². The zero-order valence-electron chi connectivity index (χ0n) is 11.7. The van der Waals surface area contributed by atoms with E-state index in [0.717, 1.165) is 6.42 Å². The third-order valence-electron chi connectivity index (χ3n) is 2.67. The number of furan rings is 1. The lowest BCUT2D eigenvalue weighted by molar-refractivity contribution is -0.401. The molecule has 2 rings (SSSR count). The van der Waals surface area contributed by atoms with Crippen LogP contribution in [0.5, 0.6) is 0 Å². The number of aromatic nitrogens is 2. The minimum Gasteiger partial charge on any atom is -0.395 e. The molecule has 2 aromatic rings. The van der Waals surface area contributed by atoms with Crippen molar-refractivity contribution in [2.24, 2.45) is 5.73 Å². The van der Waals surface area contributed by atoms with Crippen LogP contribution in [-0.2, 0) is 10.3 Å². The Kier molecular flexibility index (Phi) is 4.34. The van der Waals surface area contributed by atoms with E-state index >= 15 is 0 Å². The van der Waals surface area contributed by atoms with Crippen molar-refractivity contribution in [3.8, 4) is 11.7 Å². The lowest BCUT2D eigenvalue weighted by atomic mass is 10.1. The van der Waals surface area contributed by atoms with E-state index in [2.05, 4.69) is 10.1 Å². The van der Waals surface area contributed by atoms with Gasteiger partial charge in [0.1, 0.15) is 10.5 Å². The molecule has 0 aromatic carbocycles. The third kappa shape index (κ3) is 3.44. The van der Waals surface area contributed by atoms with Crippen molar-refractivity contribution >= 4 is 5.88 Å². The van der Waals surface area contributed by atoms with Crippen molar-refractivity contribution in [1.82, 2.24) is 10.1 Å². The number of ether oxygens (including phenoxy) is 1. The molecule has 0 radical (unpaired) electrons. The SMILES string of the molecule is CCCOCC(C)(N)c1noc(-c2ccc([N+](=O)[O-])o2)n1. The molecule has 0 bridgehead atoms. The molecule has 9 nitrogen and oxygen atoms in total. The second kappa shape index (κ2) is 6.02. The fourth-order valence-corrected chi connectivity index (χ4v) is 1.59. The minimum absolute atomic E-state index is 0.0327. The van der Waals surface area contributed by atoms with E-state index in [1.165, 1.54) is 12.1 Å². The van der Waals surface area contributed by atoms with Crippen molar-refractivity contribution in [2.75, 3.05) is 13.2 Å². The molecule has 0 aliphatic heterocycles. The van der Waals surface area contributed by atoms with Crippen molar-refractivity contribution < 1.29 is 18.6 Å². The maximum atomic E-state index is 10.6. The normalized spacial score (nSPS) is 14.0. The number of rotatable bonds is 7. The fourth-order valence-electron chi connectivity index (χ4n) is 1.59. The van der Waals surface area contributed by atoms with Crippen LogP contribution in [-0.4, -0.2) is 28.3 Å². The molecule has 0 spiro atoms. The third-order valence-corrected chi connectivity index (χ3v) is 2.67. The van der Waals surface area contributed by atoms with Gasteiger partial charge < -0.3 is 19.4 Å². The average Bonchev–Trinajstić information content (AvgIpc) is 3.08. The highest BCUT2D eigenvalue weighted by molar-refractivity contribution is 5.46. The van der Waals surface area contributed by atoms with Crippen LogP contribution in [0.2, 0.25) is 0 Å². The maximum Gasteiger partial charge on any atom is 0.433 e. The van der Waals surface area contributed by atoms with Crippen LogP contribution in [0.3, 0.4) is 0 Å². The Balaban J connectivity index is 2.14. The first-order valence-corrected chi connectivity index (χ1v) is 6.39. The van der Waals surface area contributed by atoms with Gasteiger partial charge in [0.2, 0.25) is 0 Å². The molecule has 21 heavy (non-hydrogen) atoms. The van der Waals surface area contributed by atoms with Crippen molar-refractivity contribution in [3.63, 3.8) is 0 Å². The summed E-state index contributed by atoms with van der Waals surface area (Å²) >= 11 is 0. The van der Waals surface area contributed by atoms with Gasteiger partial charge in [-0.05, 0) is 19.4 Å². The summed E-state index contributed by atoms with van der Waals surface area (Å²) in [5, 5.41) is 14.3. The summed E-state index contributed by atoms with van der Waals surface area (Å²) in [6.07, 6.45) is 0.879. The predicted octanol–water partition coefficient (Wildman–Crippen LogP) is 1.84. The van der Waals surface area contributed by atoms with Gasteiger partial charge in [-0.3, -0.25) is 10.1 Å². The van der Waals surface area contributed by atoms with Gasteiger partial charge in [0.15, 0.2) is 11.6 Å². The van der Waals surface area contributed by atoms with Crippen LogP contribution in [0.4, 0.5) is 5.88 Å². The summed E-state index contributed by atoms with van der Waals surface area (Å²) in [6, 6.07) is 2.60. The lowest BCUT2D eigenvalue weighted by Gasteiger charge is -2.19. The van der Waals surface area contributed by atoms with E-state index in [-0.39, 0.29) is 24.1 Å². The van der Waals surface area contributed by atoms with Crippen LogP contribution in [0.15, 0.2) is 21.1 Å². The summed E-state index contributed by atoms with van der Waals surface area (Å²) in [5.74, 6) is -0.00446. The molecular formula is C12H16N4O5. The van der Waals surface area contributed by atoms with E-state index in [9.17, 15) is 10.1 Å².